The predicted octanol–water partition coefficient (Wildman–Crippen LogP) is 3.94. The van der Waals surface area contributed by atoms with E-state index in [1.54, 1.807) is 63.6 Å². The number of furan rings is 1. The number of nitrogens with zero attached hydrogens (tertiary/aromatic N) is 2. The molecular formula is C21H21ClN4O4. The molecule has 30 heavy (non-hydrogen) atoms. The third-order valence-corrected chi connectivity index (χ3v) is 5.18. The van der Waals surface area contributed by atoms with Crippen molar-refractivity contribution in [1.29, 1.82) is 0 Å². The Morgan fingerprint density at radius 3 is 2.73 bits per heavy atom. The molecule has 0 radical (unpaired) electrons. The first kappa shape index (κ1) is 20.0. The fourth-order valence-electron chi connectivity index (χ4n) is 3.42. The molecule has 0 aliphatic carbocycles. The molecule has 2 N–H and O–H groups in total. The number of anilines is 2. The number of ether oxygens (including phenoxy) is 1. The Labute approximate surface area is 178 Å². The second kappa shape index (κ2) is 7.53. The van der Waals surface area contributed by atoms with Crippen LogP contribution in [0.5, 0.6) is 5.75 Å². The van der Waals surface area contributed by atoms with Crippen LogP contribution in [-0.2, 0) is 16.6 Å². The van der Waals surface area contributed by atoms with E-state index in [2.05, 4.69) is 15.7 Å². The van der Waals surface area contributed by atoms with Crippen molar-refractivity contribution in [3.63, 3.8) is 0 Å². The highest BCUT2D eigenvalue weighted by Gasteiger charge is 2.37. The van der Waals surface area contributed by atoms with Crippen LogP contribution in [0.4, 0.5) is 11.6 Å². The van der Waals surface area contributed by atoms with Crippen molar-refractivity contribution < 1.29 is 18.7 Å². The highest BCUT2D eigenvalue weighted by Crippen LogP contribution is 2.41. The van der Waals surface area contributed by atoms with Crippen LogP contribution in [0.25, 0.3) is 0 Å². The van der Waals surface area contributed by atoms with Gasteiger partial charge >= 0.3 is 0 Å². The van der Waals surface area contributed by atoms with Gasteiger partial charge in [0.25, 0.3) is 5.91 Å². The molecule has 0 fully saturated rings. The Morgan fingerprint density at radius 2 is 2.07 bits per heavy atom. The lowest BCUT2D eigenvalue weighted by molar-refractivity contribution is -0.128. The fourth-order valence-corrected chi connectivity index (χ4v) is 3.54. The monoisotopic (exact) mass is 428 g/mol. The van der Waals surface area contributed by atoms with E-state index >= 15 is 0 Å². The molecule has 2 aromatic heterocycles. The van der Waals surface area contributed by atoms with Gasteiger partial charge < -0.3 is 19.8 Å². The van der Waals surface area contributed by atoms with Crippen LogP contribution in [0.3, 0.4) is 0 Å². The summed E-state index contributed by atoms with van der Waals surface area (Å²) in [5.74, 6) is 1.15. The van der Waals surface area contributed by atoms with Crippen LogP contribution in [0.15, 0.2) is 47.1 Å². The zero-order valence-electron chi connectivity index (χ0n) is 16.7. The van der Waals surface area contributed by atoms with Gasteiger partial charge in [-0.25, -0.2) is 0 Å². The Bertz CT molecular complexity index is 1090. The second-order valence-corrected chi connectivity index (χ2v) is 8.01. The van der Waals surface area contributed by atoms with Crippen molar-refractivity contribution >= 4 is 35.1 Å². The maximum Gasteiger partial charge on any atom is 0.269 e. The van der Waals surface area contributed by atoms with Crippen molar-refractivity contribution in [1.82, 2.24) is 9.78 Å². The van der Waals surface area contributed by atoms with Gasteiger partial charge in [-0.05, 0) is 50.2 Å². The molecule has 1 aromatic carbocycles. The zero-order chi connectivity index (χ0) is 21.5. The molecule has 2 amide bonds. The molecule has 0 saturated heterocycles. The number of hydrogen-bond donors (Lipinski definition) is 2. The number of benzene rings is 1. The number of carbonyl (C=O) groups excluding carboxylic acids is 2. The van der Waals surface area contributed by atoms with Gasteiger partial charge in [0, 0.05) is 18.5 Å². The van der Waals surface area contributed by atoms with Gasteiger partial charge in [0.2, 0.25) is 5.91 Å². The van der Waals surface area contributed by atoms with Crippen molar-refractivity contribution in [2.24, 2.45) is 7.05 Å². The van der Waals surface area contributed by atoms with Gasteiger partial charge in [-0.3, -0.25) is 14.3 Å². The molecule has 0 saturated carbocycles. The summed E-state index contributed by atoms with van der Waals surface area (Å²) < 4.78 is 12.9. The first-order valence-corrected chi connectivity index (χ1v) is 9.78. The van der Waals surface area contributed by atoms with E-state index < -0.39 is 5.60 Å². The number of hydrogen-bond acceptors (Lipinski definition) is 5. The standard InChI is InChI=1S/C21H21ClN4O4/c1-21(2,30-13-8-6-12(22)7-9-13)20(28)24-18-17-14(15-5-4-10-29-15)11-16(27)23-19(17)26(3)25-18/h4-10,14H,11H2,1-3H3,(H,23,27)(H,24,25,28). The Kier molecular flexibility index (Phi) is 5.03. The van der Waals surface area contributed by atoms with Crippen molar-refractivity contribution in [2.75, 3.05) is 10.6 Å². The Morgan fingerprint density at radius 1 is 1.33 bits per heavy atom. The first-order valence-electron chi connectivity index (χ1n) is 9.41. The highest BCUT2D eigenvalue weighted by molar-refractivity contribution is 6.30. The average molecular weight is 429 g/mol. The van der Waals surface area contributed by atoms with Gasteiger partial charge in [0.1, 0.15) is 17.3 Å². The molecule has 156 valence electrons. The van der Waals surface area contributed by atoms with Crippen LogP contribution in [0.1, 0.15) is 37.5 Å². The predicted molar refractivity (Wildman–Crippen MR) is 112 cm³/mol. The number of carbonyl (C=O) groups is 2. The molecule has 1 aliphatic rings. The van der Waals surface area contributed by atoms with Crippen molar-refractivity contribution in [2.45, 2.75) is 31.8 Å². The van der Waals surface area contributed by atoms with Crippen LogP contribution >= 0.6 is 11.6 Å². The van der Waals surface area contributed by atoms with Crippen LogP contribution in [0.2, 0.25) is 5.02 Å². The van der Waals surface area contributed by atoms with E-state index in [4.69, 9.17) is 20.8 Å². The first-order chi connectivity index (χ1) is 14.2. The third kappa shape index (κ3) is 3.78. The maximum absolute atomic E-state index is 13.0. The number of amides is 2. The normalized spacial score (nSPS) is 16.0. The van der Waals surface area contributed by atoms with Crippen LogP contribution in [-0.4, -0.2) is 27.2 Å². The summed E-state index contributed by atoms with van der Waals surface area (Å²) in [6.45, 7) is 3.33. The van der Waals surface area contributed by atoms with E-state index in [0.29, 0.717) is 33.7 Å². The topological polar surface area (TPSA) is 98.4 Å². The second-order valence-electron chi connectivity index (χ2n) is 7.58. The van der Waals surface area contributed by atoms with Gasteiger partial charge in [0.05, 0.1) is 17.7 Å². The van der Waals surface area contributed by atoms with Gasteiger partial charge in [-0.1, -0.05) is 11.6 Å². The van der Waals surface area contributed by atoms with E-state index in [1.165, 1.54) is 4.68 Å². The number of aromatic nitrogens is 2. The Balaban J connectivity index is 1.62. The van der Waals surface area contributed by atoms with Crippen LogP contribution < -0.4 is 15.4 Å². The molecule has 0 spiro atoms. The number of fused-ring (bicyclic) bond motifs is 1. The third-order valence-electron chi connectivity index (χ3n) is 4.93. The minimum atomic E-state index is -1.18. The summed E-state index contributed by atoms with van der Waals surface area (Å²) in [4.78, 5) is 25.2. The lowest BCUT2D eigenvalue weighted by atomic mass is 9.91. The maximum atomic E-state index is 13.0. The SMILES string of the molecule is Cn1nc(NC(=O)C(C)(C)Oc2ccc(Cl)cc2)c2c1NC(=O)CC2c1ccco1. The van der Waals surface area contributed by atoms with Crippen molar-refractivity contribution in [3.8, 4) is 5.75 Å². The largest absolute Gasteiger partial charge is 0.478 e. The zero-order valence-corrected chi connectivity index (χ0v) is 17.5. The quantitative estimate of drug-likeness (QED) is 0.641. The molecule has 4 rings (SSSR count). The molecule has 3 aromatic rings. The summed E-state index contributed by atoms with van der Waals surface area (Å²) in [6.07, 6.45) is 1.75. The number of nitrogens with one attached hydrogen (secondary N) is 2. The summed E-state index contributed by atoms with van der Waals surface area (Å²) in [7, 11) is 1.70. The minimum absolute atomic E-state index is 0.142. The van der Waals surface area contributed by atoms with Gasteiger partial charge in [0.15, 0.2) is 11.4 Å². The Hall–Kier alpha value is -3.26. The van der Waals surface area contributed by atoms with Crippen molar-refractivity contribution in [3.05, 3.63) is 59.0 Å². The molecular weight excluding hydrogens is 408 g/mol. The van der Waals surface area contributed by atoms with Gasteiger partial charge in [-0.2, -0.15) is 5.10 Å². The lowest BCUT2D eigenvalue weighted by Gasteiger charge is -2.26. The molecule has 1 atom stereocenters. The fraction of sp³-hybridized carbons (Fsp3) is 0.286. The molecule has 3 heterocycles. The average Bonchev–Trinajstić information content (AvgIpc) is 3.32. The molecule has 0 bridgehead atoms. The number of halogens is 1. The lowest BCUT2D eigenvalue weighted by Crippen LogP contribution is -2.43. The molecule has 8 nitrogen and oxygen atoms in total. The number of aryl methyl sites for hydroxylation is 1. The minimum Gasteiger partial charge on any atom is -0.478 e. The van der Waals surface area contributed by atoms with E-state index in [9.17, 15) is 9.59 Å². The molecule has 1 aliphatic heterocycles. The molecule has 9 heteroatoms. The summed E-state index contributed by atoms with van der Waals surface area (Å²) >= 11 is 5.91. The van der Waals surface area contributed by atoms with E-state index in [1.807, 2.05) is 0 Å². The number of rotatable bonds is 5. The van der Waals surface area contributed by atoms with Gasteiger partial charge in [-0.15, -0.1) is 0 Å². The van der Waals surface area contributed by atoms with E-state index in [0.717, 1.165) is 0 Å². The van der Waals surface area contributed by atoms with E-state index in [-0.39, 0.29) is 24.2 Å². The van der Waals surface area contributed by atoms with Crippen LogP contribution in [0, 0.1) is 0 Å². The highest BCUT2D eigenvalue weighted by atomic mass is 35.5. The summed E-state index contributed by atoms with van der Waals surface area (Å²) in [5, 5.41) is 10.7. The summed E-state index contributed by atoms with van der Waals surface area (Å²) in [5.41, 5.74) is -0.487. The smallest absolute Gasteiger partial charge is 0.269 e. The summed E-state index contributed by atoms with van der Waals surface area (Å²) in [6, 6.07) is 10.3. The molecule has 1 unspecified atom stereocenters.